The lowest BCUT2D eigenvalue weighted by Crippen LogP contribution is -2.35. The van der Waals surface area contributed by atoms with E-state index in [-0.39, 0.29) is 0 Å². The number of anilines is 2. The van der Waals surface area contributed by atoms with Crippen LogP contribution in [0.15, 0.2) is 12.3 Å². The van der Waals surface area contributed by atoms with E-state index in [1.165, 1.54) is 32.1 Å². The fourth-order valence-corrected chi connectivity index (χ4v) is 3.46. The molecular formula is C14H18N4. The summed E-state index contributed by atoms with van der Waals surface area (Å²) in [6.45, 7) is 1.03. The van der Waals surface area contributed by atoms with Crippen molar-refractivity contribution in [2.45, 2.75) is 38.1 Å². The normalized spacial score (nSPS) is 26.7. The van der Waals surface area contributed by atoms with E-state index in [4.69, 9.17) is 11.0 Å². The second-order valence-corrected chi connectivity index (χ2v) is 5.30. The summed E-state index contributed by atoms with van der Waals surface area (Å²) < 4.78 is 0. The van der Waals surface area contributed by atoms with Crippen molar-refractivity contribution in [1.82, 2.24) is 4.98 Å². The number of hydrogen-bond acceptors (Lipinski definition) is 4. The smallest absolute Gasteiger partial charge is 0.153 e. The van der Waals surface area contributed by atoms with Crippen molar-refractivity contribution in [1.29, 1.82) is 5.26 Å². The molecule has 1 aromatic heterocycles. The Morgan fingerprint density at radius 1 is 1.33 bits per heavy atom. The van der Waals surface area contributed by atoms with Crippen LogP contribution in [0.4, 0.5) is 11.5 Å². The molecule has 1 saturated heterocycles. The number of fused-ring (bicyclic) bond motifs is 1. The van der Waals surface area contributed by atoms with Crippen molar-refractivity contribution in [2.75, 3.05) is 17.2 Å². The lowest BCUT2D eigenvalue weighted by atomic mass is 9.85. The maximum absolute atomic E-state index is 9.04. The molecule has 4 nitrogen and oxygen atoms in total. The van der Waals surface area contributed by atoms with E-state index in [9.17, 15) is 0 Å². The van der Waals surface area contributed by atoms with Gasteiger partial charge in [0, 0.05) is 18.8 Å². The van der Waals surface area contributed by atoms with Gasteiger partial charge in [-0.25, -0.2) is 4.98 Å². The molecule has 18 heavy (non-hydrogen) atoms. The maximum Gasteiger partial charge on any atom is 0.153 e. The Bertz CT molecular complexity index is 491. The minimum Gasteiger partial charge on any atom is -0.395 e. The number of pyridine rings is 1. The molecule has 3 rings (SSSR count). The van der Waals surface area contributed by atoms with Gasteiger partial charge in [-0.3, -0.25) is 0 Å². The molecule has 0 bridgehead atoms. The second-order valence-electron chi connectivity index (χ2n) is 5.30. The van der Waals surface area contributed by atoms with Crippen molar-refractivity contribution in [3.8, 4) is 6.07 Å². The summed E-state index contributed by atoms with van der Waals surface area (Å²) in [6.07, 6.45) is 8.16. The van der Waals surface area contributed by atoms with E-state index in [1.807, 2.05) is 0 Å². The molecule has 0 aromatic carbocycles. The number of nitriles is 1. The van der Waals surface area contributed by atoms with Crippen LogP contribution in [0.3, 0.4) is 0 Å². The largest absolute Gasteiger partial charge is 0.395 e. The van der Waals surface area contributed by atoms with Crippen LogP contribution >= 0.6 is 0 Å². The standard InChI is InChI=1S/C14H18N4/c15-9-11-5-7-17-14(13(11)16)18-8-6-10-3-1-2-4-12(10)18/h5,7,10,12H,1-4,6,8,16H2. The molecule has 0 spiro atoms. The van der Waals surface area contributed by atoms with Crippen LogP contribution < -0.4 is 10.6 Å². The Morgan fingerprint density at radius 2 is 2.17 bits per heavy atom. The lowest BCUT2D eigenvalue weighted by Gasteiger charge is -2.33. The summed E-state index contributed by atoms with van der Waals surface area (Å²) in [7, 11) is 0. The van der Waals surface area contributed by atoms with Gasteiger partial charge in [-0.2, -0.15) is 5.26 Å². The summed E-state index contributed by atoms with van der Waals surface area (Å²) in [5.41, 5.74) is 7.16. The molecule has 94 valence electrons. The molecule has 1 aliphatic carbocycles. The Kier molecular flexibility index (Phi) is 2.83. The third kappa shape index (κ3) is 1.71. The van der Waals surface area contributed by atoms with Crippen molar-refractivity contribution in [3.63, 3.8) is 0 Å². The van der Waals surface area contributed by atoms with Gasteiger partial charge in [0.25, 0.3) is 0 Å². The van der Waals surface area contributed by atoms with Gasteiger partial charge in [-0.1, -0.05) is 12.8 Å². The maximum atomic E-state index is 9.04. The highest BCUT2D eigenvalue weighted by atomic mass is 15.2. The molecule has 2 N–H and O–H groups in total. The molecule has 1 saturated carbocycles. The van der Waals surface area contributed by atoms with E-state index in [0.29, 0.717) is 17.3 Å². The first-order chi connectivity index (χ1) is 8.81. The average molecular weight is 242 g/mol. The SMILES string of the molecule is N#Cc1ccnc(N2CCC3CCCCC32)c1N. The monoisotopic (exact) mass is 242 g/mol. The van der Waals surface area contributed by atoms with E-state index in [0.717, 1.165) is 18.3 Å². The number of nitrogens with zero attached hydrogens (tertiary/aromatic N) is 3. The van der Waals surface area contributed by atoms with E-state index >= 15 is 0 Å². The predicted molar refractivity (Wildman–Crippen MR) is 71.1 cm³/mol. The molecule has 2 atom stereocenters. The summed E-state index contributed by atoms with van der Waals surface area (Å²) >= 11 is 0. The zero-order valence-electron chi connectivity index (χ0n) is 10.5. The van der Waals surface area contributed by atoms with Crippen LogP contribution in [-0.2, 0) is 0 Å². The fourth-order valence-electron chi connectivity index (χ4n) is 3.46. The van der Waals surface area contributed by atoms with Crippen molar-refractivity contribution >= 4 is 11.5 Å². The van der Waals surface area contributed by atoms with Crippen LogP contribution in [0.1, 0.15) is 37.7 Å². The summed E-state index contributed by atoms with van der Waals surface area (Å²) in [5, 5.41) is 9.04. The molecule has 0 amide bonds. The number of nitrogens with two attached hydrogens (primary N) is 1. The Hall–Kier alpha value is -1.76. The van der Waals surface area contributed by atoms with Gasteiger partial charge < -0.3 is 10.6 Å². The zero-order chi connectivity index (χ0) is 12.5. The van der Waals surface area contributed by atoms with Gasteiger partial charge in [-0.05, 0) is 31.2 Å². The van der Waals surface area contributed by atoms with Crippen molar-refractivity contribution in [2.24, 2.45) is 5.92 Å². The van der Waals surface area contributed by atoms with Crippen LogP contribution in [0.25, 0.3) is 0 Å². The Balaban J connectivity index is 1.94. The highest BCUT2D eigenvalue weighted by Crippen LogP contribution is 2.40. The molecule has 4 heteroatoms. The topological polar surface area (TPSA) is 65.9 Å². The zero-order valence-corrected chi connectivity index (χ0v) is 10.5. The highest BCUT2D eigenvalue weighted by molar-refractivity contribution is 5.70. The number of aromatic nitrogens is 1. The van der Waals surface area contributed by atoms with Crippen LogP contribution in [-0.4, -0.2) is 17.6 Å². The van der Waals surface area contributed by atoms with Gasteiger partial charge in [0.05, 0.1) is 11.3 Å². The number of rotatable bonds is 1. The lowest BCUT2D eigenvalue weighted by molar-refractivity contribution is 0.341. The number of hydrogen-bond donors (Lipinski definition) is 1. The molecular weight excluding hydrogens is 224 g/mol. The minimum atomic E-state index is 0.541. The molecule has 2 heterocycles. The summed E-state index contributed by atoms with van der Waals surface area (Å²) in [4.78, 5) is 6.74. The van der Waals surface area contributed by atoms with Crippen LogP contribution in [0, 0.1) is 17.2 Å². The first-order valence-electron chi connectivity index (χ1n) is 6.72. The minimum absolute atomic E-state index is 0.541. The average Bonchev–Trinajstić information content (AvgIpc) is 2.83. The van der Waals surface area contributed by atoms with Gasteiger partial charge >= 0.3 is 0 Å². The quantitative estimate of drug-likeness (QED) is 0.820. The number of nitrogen functional groups attached to an aromatic ring is 1. The van der Waals surface area contributed by atoms with Crippen LogP contribution in [0.2, 0.25) is 0 Å². The molecule has 0 radical (unpaired) electrons. The first-order valence-corrected chi connectivity index (χ1v) is 6.72. The van der Waals surface area contributed by atoms with Crippen molar-refractivity contribution in [3.05, 3.63) is 17.8 Å². The molecule has 1 aromatic rings. The molecule has 2 unspecified atom stereocenters. The predicted octanol–water partition coefficient (Wildman–Crippen LogP) is 2.30. The summed E-state index contributed by atoms with van der Waals surface area (Å²) in [6, 6.07) is 4.41. The first kappa shape index (κ1) is 11.3. The summed E-state index contributed by atoms with van der Waals surface area (Å²) in [5.74, 6) is 1.62. The molecule has 2 aliphatic rings. The molecule has 2 fully saturated rings. The van der Waals surface area contributed by atoms with Gasteiger partial charge in [0.15, 0.2) is 5.82 Å². The second kappa shape index (κ2) is 4.49. The Labute approximate surface area is 107 Å². The highest BCUT2D eigenvalue weighted by Gasteiger charge is 2.37. The fraction of sp³-hybridized carbons (Fsp3) is 0.571. The van der Waals surface area contributed by atoms with Gasteiger partial charge in [0.1, 0.15) is 6.07 Å². The van der Waals surface area contributed by atoms with Crippen molar-refractivity contribution < 1.29 is 0 Å². The molecule has 1 aliphatic heterocycles. The third-order valence-electron chi connectivity index (χ3n) is 4.37. The third-order valence-corrected chi connectivity index (χ3v) is 4.37. The van der Waals surface area contributed by atoms with Gasteiger partial charge in [0.2, 0.25) is 0 Å². The van der Waals surface area contributed by atoms with Crippen LogP contribution in [0.5, 0.6) is 0 Å². The van der Waals surface area contributed by atoms with E-state index in [1.54, 1.807) is 12.3 Å². The van der Waals surface area contributed by atoms with E-state index in [2.05, 4.69) is 16.0 Å². The van der Waals surface area contributed by atoms with Gasteiger partial charge in [-0.15, -0.1) is 0 Å². The van der Waals surface area contributed by atoms with E-state index < -0.39 is 0 Å². The Morgan fingerprint density at radius 3 is 3.00 bits per heavy atom.